The van der Waals surface area contributed by atoms with Crippen molar-refractivity contribution in [2.24, 2.45) is 0 Å². The van der Waals surface area contributed by atoms with Crippen LogP contribution in [-0.4, -0.2) is 0 Å². The summed E-state index contributed by atoms with van der Waals surface area (Å²) in [4.78, 5) is 0. The summed E-state index contributed by atoms with van der Waals surface area (Å²) in [5, 5.41) is 0.961. The highest BCUT2D eigenvalue weighted by molar-refractivity contribution is 7.27. The van der Waals surface area contributed by atoms with E-state index in [1.165, 1.54) is 6.07 Å². The van der Waals surface area contributed by atoms with Crippen LogP contribution in [0.2, 0.25) is 0 Å². The second-order valence-corrected chi connectivity index (χ2v) is 2.78. The maximum Gasteiger partial charge on any atom is 0.127 e. The van der Waals surface area contributed by atoms with Crippen molar-refractivity contribution in [3.63, 3.8) is 0 Å². The van der Waals surface area contributed by atoms with E-state index < -0.39 is 0 Å². The van der Waals surface area contributed by atoms with Crippen LogP contribution in [0, 0.1) is 5.82 Å². The molecule has 0 bridgehead atoms. The molecule has 0 spiro atoms. The lowest BCUT2D eigenvalue weighted by Gasteiger charge is -2.01. The first-order valence-corrected chi connectivity index (χ1v) is 4.86. The average molecular weight is 186 g/mol. The number of benzene rings is 1. The van der Waals surface area contributed by atoms with Gasteiger partial charge in [0, 0.05) is 0 Å². The van der Waals surface area contributed by atoms with Crippen molar-refractivity contribution in [2.45, 2.75) is 27.2 Å². The van der Waals surface area contributed by atoms with Gasteiger partial charge in [-0.05, 0) is 23.4 Å². The van der Waals surface area contributed by atoms with Gasteiger partial charge in [-0.2, -0.15) is 0 Å². The zero-order chi connectivity index (χ0) is 9.56. The molecule has 2 heteroatoms. The maximum absolute atomic E-state index is 12.8. The van der Waals surface area contributed by atoms with Gasteiger partial charge in [0.15, 0.2) is 0 Å². The monoisotopic (exact) mass is 186 g/mol. The molecule has 68 valence electrons. The van der Waals surface area contributed by atoms with E-state index in [2.05, 4.69) is 9.24 Å². The molecule has 0 saturated carbocycles. The van der Waals surface area contributed by atoms with Crippen molar-refractivity contribution in [3.8, 4) is 0 Å². The zero-order valence-corrected chi connectivity index (χ0v) is 9.05. The summed E-state index contributed by atoms with van der Waals surface area (Å²) in [7, 11) is 2.53. The van der Waals surface area contributed by atoms with E-state index in [1.54, 1.807) is 6.07 Å². The van der Waals surface area contributed by atoms with Gasteiger partial charge >= 0.3 is 0 Å². The third kappa shape index (κ3) is 2.91. The lowest BCUT2D eigenvalue weighted by molar-refractivity contribution is 0.614. The number of rotatable bonds is 1. The summed E-state index contributed by atoms with van der Waals surface area (Å²) in [6, 6.07) is 5.11. The van der Waals surface area contributed by atoms with Crippen LogP contribution in [0.1, 0.15) is 26.3 Å². The Morgan fingerprint density at radius 3 is 2.25 bits per heavy atom. The summed E-state index contributed by atoms with van der Waals surface area (Å²) in [6.45, 7) is 5.95. The highest BCUT2D eigenvalue weighted by Crippen LogP contribution is 2.06. The lowest BCUT2D eigenvalue weighted by atomic mass is 10.1. The molecule has 1 unspecified atom stereocenters. The van der Waals surface area contributed by atoms with Crippen molar-refractivity contribution in [3.05, 3.63) is 29.6 Å². The normalized spacial score (nSPS) is 8.75. The summed E-state index contributed by atoms with van der Waals surface area (Å²) in [6.07, 6.45) is 0.755. The molecule has 0 fully saturated rings. The van der Waals surface area contributed by atoms with Crippen molar-refractivity contribution in [1.29, 1.82) is 0 Å². The van der Waals surface area contributed by atoms with E-state index in [0.717, 1.165) is 17.3 Å². The van der Waals surface area contributed by atoms with Gasteiger partial charge in [0.25, 0.3) is 0 Å². The van der Waals surface area contributed by atoms with Gasteiger partial charge in [-0.25, -0.2) is 4.39 Å². The number of hydrogen-bond acceptors (Lipinski definition) is 0. The van der Waals surface area contributed by atoms with E-state index >= 15 is 0 Å². The van der Waals surface area contributed by atoms with Gasteiger partial charge in [-0.15, -0.1) is 9.24 Å². The van der Waals surface area contributed by atoms with Gasteiger partial charge in [0.1, 0.15) is 5.82 Å². The molecule has 0 saturated heterocycles. The first kappa shape index (κ1) is 11.6. The Hall–Kier alpha value is -0.420. The van der Waals surface area contributed by atoms with Gasteiger partial charge in [-0.1, -0.05) is 32.9 Å². The molecule has 1 atom stereocenters. The molecular formula is C10H16FP. The van der Waals surface area contributed by atoms with Crippen LogP contribution in [-0.2, 0) is 6.42 Å². The molecule has 0 N–H and O–H groups in total. The second-order valence-electron chi connectivity index (χ2n) is 2.16. The Morgan fingerprint density at radius 2 is 1.92 bits per heavy atom. The van der Waals surface area contributed by atoms with E-state index in [0.29, 0.717) is 0 Å². The highest BCUT2D eigenvalue weighted by atomic mass is 31.0. The van der Waals surface area contributed by atoms with Gasteiger partial charge in [0.2, 0.25) is 0 Å². The third-order valence-corrected chi connectivity index (χ3v) is 2.05. The average Bonchev–Trinajstić information content (AvgIpc) is 2.08. The van der Waals surface area contributed by atoms with Crippen molar-refractivity contribution < 1.29 is 4.39 Å². The van der Waals surface area contributed by atoms with E-state index in [-0.39, 0.29) is 5.82 Å². The zero-order valence-electron chi connectivity index (χ0n) is 7.89. The Bertz CT molecular complexity index is 213. The molecule has 1 rings (SSSR count). The van der Waals surface area contributed by atoms with Crippen LogP contribution in [0.5, 0.6) is 0 Å². The van der Waals surface area contributed by atoms with Crippen LogP contribution in [0.25, 0.3) is 0 Å². The molecule has 12 heavy (non-hydrogen) atoms. The minimum Gasteiger partial charge on any atom is -0.207 e. The molecule has 0 radical (unpaired) electrons. The van der Waals surface area contributed by atoms with Gasteiger partial charge < -0.3 is 0 Å². The highest BCUT2D eigenvalue weighted by Gasteiger charge is 2.00. The van der Waals surface area contributed by atoms with Crippen LogP contribution in [0.3, 0.4) is 0 Å². The summed E-state index contributed by atoms with van der Waals surface area (Å²) >= 11 is 0. The largest absolute Gasteiger partial charge is 0.207 e. The molecule has 0 amide bonds. The molecule has 0 heterocycles. The Balaban J connectivity index is 0.000000561. The minimum atomic E-state index is -0.102. The maximum atomic E-state index is 12.8. The Labute approximate surface area is 76.4 Å². The topological polar surface area (TPSA) is 0 Å². The van der Waals surface area contributed by atoms with E-state index in [4.69, 9.17) is 0 Å². The molecular weight excluding hydrogens is 170 g/mol. The molecule has 0 aliphatic carbocycles. The first-order chi connectivity index (χ1) is 5.75. The number of hydrogen-bond donors (Lipinski definition) is 0. The quantitative estimate of drug-likeness (QED) is 0.591. The predicted octanol–water partition coefficient (Wildman–Crippen LogP) is 2.91. The smallest absolute Gasteiger partial charge is 0.127 e. The van der Waals surface area contributed by atoms with Crippen LogP contribution in [0.15, 0.2) is 18.2 Å². The fourth-order valence-corrected chi connectivity index (χ4v) is 1.40. The van der Waals surface area contributed by atoms with Gasteiger partial charge in [-0.3, -0.25) is 0 Å². The van der Waals surface area contributed by atoms with E-state index in [1.807, 2.05) is 26.8 Å². The molecule has 0 nitrogen and oxygen atoms in total. The van der Waals surface area contributed by atoms with Crippen LogP contribution >= 0.6 is 9.24 Å². The molecule has 1 aromatic rings. The van der Waals surface area contributed by atoms with Crippen molar-refractivity contribution >= 4 is 14.5 Å². The second kappa shape index (κ2) is 6.14. The van der Waals surface area contributed by atoms with Crippen molar-refractivity contribution in [1.82, 2.24) is 0 Å². The Morgan fingerprint density at radius 1 is 1.33 bits per heavy atom. The van der Waals surface area contributed by atoms with Crippen molar-refractivity contribution in [2.75, 3.05) is 0 Å². The molecule has 1 aromatic carbocycles. The van der Waals surface area contributed by atoms with Crippen LogP contribution in [0.4, 0.5) is 4.39 Å². The first-order valence-electron chi connectivity index (χ1n) is 4.28. The predicted molar refractivity (Wildman–Crippen MR) is 56.5 cm³/mol. The molecule has 0 aliphatic rings. The van der Waals surface area contributed by atoms with Crippen LogP contribution < -0.4 is 5.30 Å². The molecule has 0 aliphatic heterocycles. The minimum absolute atomic E-state index is 0.102. The summed E-state index contributed by atoms with van der Waals surface area (Å²) in [5.41, 5.74) is 0.799. The standard InChI is InChI=1S/C8H10FP.C2H6/c1-2-6-7(9)4-3-5-8(6)10;1-2/h3-5H,2,10H2,1H3;1-2H3. The van der Waals surface area contributed by atoms with E-state index in [9.17, 15) is 4.39 Å². The SMILES string of the molecule is CC.CCc1c(F)cccc1P. The summed E-state index contributed by atoms with van der Waals surface area (Å²) in [5.74, 6) is -0.102. The lowest BCUT2D eigenvalue weighted by Crippen LogP contribution is -2.02. The fraction of sp³-hybridized carbons (Fsp3) is 0.400. The fourth-order valence-electron chi connectivity index (χ4n) is 0.948. The molecule has 0 aromatic heterocycles. The number of halogens is 1. The Kier molecular flexibility index (Phi) is 5.92. The third-order valence-electron chi connectivity index (χ3n) is 1.51. The summed E-state index contributed by atoms with van der Waals surface area (Å²) < 4.78 is 12.8. The van der Waals surface area contributed by atoms with Gasteiger partial charge in [0.05, 0.1) is 0 Å².